The SMILES string of the molecule is Cl.NCCC1CCNCC1. The minimum absolute atomic E-state index is 0. The first-order valence-corrected chi connectivity index (χ1v) is 3.84. The molecule has 1 aliphatic heterocycles. The van der Waals surface area contributed by atoms with Crippen LogP contribution in [0.25, 0.3) is 0 Å². The van der Waals surface area contributed by atoms with E-state index in [1.165, 1.54) is 32.4 Å². The lowest BCUT2D eigenvalue weighted by Crippen LogP contribution is -2.28. The minimum Gasteiger partial charge on any atom is -0.330 e. The highest BCUT2D eigenvalue weighted by molar-refractivity contribution is 5.85. The molecule has 10 heavy (non-hydrogen) atoms. The smallest absolute Gasteiger partial charge is 0.00463 e. The van der Waals surface area contributed by atoms with Gasteiger partial charge in [-0.15, -0.1) is 12.4 Å². The maximum Gasteiger partial charge on any atom is -0.00463 e. The van der Waals surface area contributed by atoms with Crippen LogP contribution in [0, 0.1) is 5.92 Å². The van der Waals surface area contributed by atoms with Crippen molar-refractivity contribution >= 4 is 12.4 Å². The number of hydrogen-bond donors (Lipinski definition) is 2. The lowest BCUT2D eigenvalue weighted by Gasteiger charge is -2.21. The van der Waals surface area contributed by atoms with Crippen molar-refractivity contribution in [1.82, 2.24) is 5.32 Å². The van der Waals surface area contributed by atoms with Gasteiger partial charge in [-0.05, 0) is 44.8 Å². The summed E-state index contributed by atoms with van der Waals surface area (Å²) in [5, 5.41) is 3.33. The third-order valence-electron chi connectivity index (χ3n) is 2.03. The highest BCUT2D eigenvalue weighted by atomic mass is 35.5. The van der Waals surface area contributed by atoms with Gasteiger partial charge in [0.1, 0.15) is 0 Å². The third-order valence-corrected chi connectivity index (χ3v) is 2.03. The van der Waals surface area contributed by atoms with Crippen LogP contribution in [0.3, 0.4) is 0 Å². The second-order valence-electron chi connectivity index (χ2n) is 2.77. The predicted octanol–water partition coefficient (Wildman–Crippen LogP) is 0.757. The Morgan fingerprint density at radius 2 is 1.90 bits per heavy atom. The molecule has 0 radical (unpaired) electrons. The second kappa shape index (κ2) is 5.96. The number of nitrogens with one attached hydrogen (secondary N) is 1. The summed E-state index contributed by atoms with van der Waals surface area (Å²) >= 11 is 0. The molecule has 2 nitrogen and oxygen atoms in total. The van der Waals surface area contributed by atoms with Gasteiger partial charge >= 0.3 is 0 Å². The fourth-order valence-corrected chi connectivity index (χ4v) is 1.41. The largest absolute Gasteiger partial charge is 0.330 e. The Hall–Kier alpha value is 0.210. The molecule has 0 amide bonds. The minimum atomic E-state index is 0. The average molecular weight is 165 g/mol. The van der Waals surface area contributed by atoms with Gasteiger partial charge in [0.25, 0.3) is 0 Å². The van der Waals surface area contributed by atoms with Crippen LogP contribution < -0.4 is 11.1 Å². The molecule has 0 bridgehead atoms. The summed E-state index contributed by atoms with van der Waals surface area (Å²) in [5.41, 5.74) is 5.44. The summed E-state index contributed by atoms with van der Waals surface area (Å²) < 4.78 is 0. The number of piperidine rings is 1. The molecular weight excluding hydrogens is 148 g/mol. The summed E-state index contributed by atoms with van der Waals surface area (Å²) in [6.45, 7) is 3.26. The van der Waals surface area contributed by atoms with E-state index in [1.807, 2.05) is 0 Å². The maximum atomic E-state index is 5.44. The molecular formula is C7H17ClN2. The Balaban J connectivity index is 0.000000810. The molecule has 0 atom stereocenters. The van der Waals surface area contributed by atoms with E-state index < -0.39 is 0 Å². The molecule has 1 aliphatic rings. The molecule has 0 spiro atoms. The van der Waals surface area contributed by atoms with Gasteiger partial charge in [-0.25, -0.2) is 0 Å². The van der Waals surface area contributed by atoms with Gasteiger partial charge < -0.3 is 11.1 Å². The topological polar surface area (TPSA) is 38.0 Å². The Kier molecular flexibility index (Phi) is 6.08. The van der Waals surface area contributed by atoms with Gasteiger partial charge in [-0.2, -0.15) is 0 Å². The normalized spacial score (nSPS) is 20.1. The molecule has 1 heterocycles. The summed E-state index contributed by atoms with van der Waals surface area (Å²) in [5.74, 6) is 0.913. The van der Waals surface area contributed by atoms with Crippen LogP contribution >= 0.6 is 12.4 Å². The van der Waals surface area contributed by atoms with Crippen molar-refractivity contribution in [3.63, 3.8) is 0 Å². The highest BCUT2D eigenvalue weighted by Gasteiger charge is 2.10. The van der Waals surface area contributed by atoms with Crippen LogP contribution in [0.5, 0.6) is 0 Å². The van der Waals surface area contributed by atoms with Crippen LogP contribution in [-0.2, 0) is 0 Å². The molecule has 0 aromatic rings. The van der Waals surface area contributed by atoms with Gasteiger partial charge in [0, 0.05) is 0 Å². The van der Waals surface area contributed by atoms with E-state index in [0.717, 1.165) is 12.5 Å². The predicted molar refractivity (Wildman–Crippen MR) is 46.5 cm³/mol. The Morgan fingerprint density at radius 3 is 2.40 bits per heavy atom. The molecule has 0 aromatic carbocycles. The van der Waals surface area contributed by atoms with E-state index in [2.05, 4.69) is 5.32 Å². The first-order chi connectivity index (χ1) is 4.43. The molecule has 1 saturated heterocycles. The molecule has 3 N–H and O–H groups in total. The van der Waals surface area contributed by atoms with Gasteiger partial charge in [0.15, 0.2) is 0 Å². The van der Waals surface area contributed by atoms with Crippen molar-refractivity contribution in [1.29, 1.82) is 0 Å². The zero-order valence-electron chi connectivity index (χ0n) is 6.31. The Morgan fingerprint density at radius 1 is 1.30 bits per heavy atom. The van der Waals surface area contributed by atoms with Crippen molar-refractivity contribution in [2.75, 3.05) is 19.6 Å². The van der Waals surface area contributed by atoms with E-state index >= 15 is 0 Å². The molecule has 1 rings (SSSR count). The van der Waals surface area contributed by atoms with Crippen LogP contribution in [0.4, 0.5) is 0 Å². The van der Waals surface area contributed by atoms with E-state index in [9.17, 15) is 0 Å². The average Bonchev–Trinajstić information content (AvgIpc) is 1.91. The van der Waals surface area contributed by atoms with Crippen molar-refractivity contribution < 1.29 is 0 Å². The molecule has 0 aromatic heterocycles. The molecule has 0 aliphatic carbocycles. The zero-order chi connectivity index (χ0) is 6.53. The second-order valence-corrected chi connectivity index (χ2v) is 2.77. The molecule has 3 heteroatoms. The van der Waals surface area contributed by atoms with Gasteiger partial charge in [0.2, 0.25) is 0 Å². The number of rotatable bonds is 2. The van der Waals surface area contributed by atoms with Crippen LogP contribution in [0.15, 0.2) is 0 Å². The standard InChI is InChI=1S/C7H16N2.ClH/c8-4-1-7-2-5-9-6-3-7;/h7,9H,1-6,8H2;1H. The molecule has 62 valence electrons. The van der Waals surface area contributed by atoms with Crippen molar-refractivity contribution in [2.45, 2.75) is 19.3 Å². The van der Waals surface area contributed by atoms with Crippen molar-refractivity contribution in [2.24, 2.45) is 11.7 Å². The van der Waals surface area contributed by atoms with E-state index in [1.54, 1.807) is 0 Å². The van der Waals surface area contributed by atoms with E-state index in [0.29, 0.717) is 0 Å². The fourth-order valence-electron chi connectivity index (χ4n) is 1.41. The zero-order valence-corrected chi connectivity index (χ0v) is 7.12. The van der Waals surface area contributed by atoms with Crippen LogP contribution in [-0.4, -0.2) is 19.6 Å². The summed E-state index contributed by atoms with van der Waals surface area (Å²) in [6, 6.07) is 0. The van der Waals surface area contributed by atoms with Crippen LogP contribution in [0.2, 0.25) is 0 Å². The van der Waals surface area contributed by atoms with Crippen LogP contribution in [0.1, 0.15) is 19.3 Å². The summed E-state index contributed by atoms with van der Waals surface area (Å²) in [6.07, 6.45) is 3.88. The number of hydrogen-bond acceptors (Lipinski definition) is 2. The maximum absolute atomic E-state index is 5.44. The Bertz CT molecular complexity index is 69.3. The first kappa shape index (κ1) is 10.2. The molecule has 1 fully saturated rings. The van der Waals surface area contributed by atoms with E-state index in [4.69, 9.17) is 5.73 Å². The quantitative estimate of drug-likeness (QED) is 0.633. The fraction of sp³-hybridized carbons (Fsp3) is 1.00. The Labute approximate surface area is 69.0 Å². The summed E-state index contributed by atoms with van der Waals surface area (Å²) in [4.78, 5) is 0. The number of nitrogens with two attached hydrogens (primary N) is 1. The first-order valence-electron chi connectivity index (χ1n) is 3.84. The lowest BCUT2D eigenvalue weighted by molar-refractivity contribution is 0.358. The van der Waals surface area contributed by atoms with Gasteiger partial charge in [-0.1, -0.05) is 0 Å². The molecule has 0 unspecified atom stereocenters. The molecule has 0 saturated carbocycles. The van der Waals surface area contributed by atoms with Crippen molar-refractivity contribution in [3.8, 4) is 0 Å². The number of halogens is 1. The van der Waals surface area contributed by atoms with Gasteiger partial charge in [-0.3, -0.25) is 0 Å². The monoisotopic (exact) mass is 164 g/mol. The van der Waals surface area contributed by atoms with Crippen molar-refractivity contribution in [3.05, 3.63) is 0 Å². The summed E-state index contributed by atoms with van der Waals surface area (Å²) in [7, 11) is 0. The van der Waals surface area contributed by atoms with E-state index in [-0.39, 0.29) is 12.4 Å². The third kappa shape index (κ3) is 3.40. The van der Waals surface area contributed by atoms with Gasteiger partial charge in [0.05, 0.1) is 0 Å². The lowest BCUT2D eigenvalue weighted by atomic mass is 9.95. The highest BCUT2D eigenvalue weighted by Crippen LogP contribution is 2.13.